The molecule has 1 amide bonds. The van der Waals surface area contributed by atoms with Crippen LogP contribution in [-0.2, 0) is 9.53 Å². The van der Waals surface area contributed by atoms with Crippen molar-refractivity contribution in [2.45, 2.75) is 17.1 Å². The molecule has 5 nitrogen and oxygen atoms in total. The van der Waals surface area contributed by atoms with Crippen LogP contribution in [0.25, 0.3) is 0 Å². The Kier molecular flexibility index (Phi) is 6.73. The number of rotatable bonds is 6. The molecule has 0 aliphatic carbocycles. The molecular weight excluding hydrogens is 362 g/mol. The van der Waals surface area contributed by atoms with E-state index in [0.717, 1.165) is 10.6 Å². The summed E-state index contributed by atoms with van der Waals surface area (Å²) in [5, 5.41) is 2.72. The zero-order valence-electron chi connectivity index (χ0n) is 14.0. The smallest absolute Gasteiger partial charge is 0.339 e. The summed E-state index contributed by atoms with van der Waals surface area (Å²) < 4.78 is 9.78. The maximum atomic E-state index is 12.4. The van der Waals surface area contributed by atoms with Crippen molar-refractivity contribution in [3.8, 4) is 5.75 Å². The largest absolute Gasteiger partial charge is 0.497 e. The number of carbonyl (C=O) groups is 2. The third-order valence-corrected chi connectivity index (χ3v) is 4.82. The lowest BCUT2D eigenvalue weighted by molar-refractivity contribution is -0.115. The number of nitrogens with one attached hydrogen (secondary N) is 1. The van der Waals surface area contributed by atoms with Gasteiger partial charge in [-0.2, -0.15) is 0 Å². The molecule has 2 rings (SSSR count). The molecule has 0 saturated heterocycles. The fraction of sp³-hybridized carbons (Fsp3) is 0.222. The second-order valence-electron chi connectivity index (χ2n) is 5.11. The molecule has 1 atom stereocenters. The van der Waals surface area contributed by atoms with E-state index in [2.05, 4.69) is 10.1 Å². The van der Waals surface area contributed by atoms with Crippen molar-refractivity contribution in [2.75, 3.05) is 19.5 Å². The van der Waals surface area contributed by atoms with Gasteiger partial charge in [0.05, 0.1) is 30.1 Å². The minimum absolute atomic E-state index is 0.182. The maximum absolute atomic E-state index is 12.4. The van der Waals surface area contributed by atoms with Crippen LogP contribution in [0.1, 0.15) is 17.3 Å². The molecule has 0 bridgehead atoms. The summed E-state index contributed by atoms with van der Waals surface area (Å²) in [5.74, 6) is 0.0265. The van der Waals surface area contributed by atoms with Crippen molar-refractivity contribution in [2.24, 2.45) is 0 Å². The van der Waals surface area contributed by atoms with E-state index in [1.807, 2.05) is 24.3 Å². The third kappa shape index (κ3) is 5.14. The molecule has 2 aromatic carbocycles. The number of amides is 1. The van der Waals surface area contributed by atoms with E-state index >= 15 is 0 Å². The summed E-state index contributed by atoms with van der Waals surface area (Å²) in [4.78, 5) is 25.0. The van der Waals surface area contributed by atoms with Gasteiger partial charge in [0.15, 0.2) is 0 Å². The first-order valence-electron chi connectivity index (χ1n) is 7.44. The number of hydrogen-bond donors (Lipinski definition) is 1. The zero-order valence-corrected chi connectivity index (χ0v) is 15.6. The Bertz CT molecular complexity index is 764. The Morgan fingerprint density at radius 2 is 1.80 bits per heavy atom. The Balaban J connectivity index is 2.04. The van der Waals surface area contributed by atoms with Crippen LogP contribution in [0.15, 0.2) is 47.4 Å². The first kappa shape index (κ1) is 19.1. The molecule has 0 aliphatic heterocycles. The minimum atomic E-state index is -0.554. The summed E-state index contributed by atoms with van der Waals surface area (Å²) in [6, 6.07) is 12.2. The SMILES string of the molecule is COC(=O)c1cc(NC(=O)[C@H](C)Sc2ccc(OC)cc2)ccc1Cl. The topological polar surface area (TPSA) is 64.6 Å². The molecule has 0 saturated carbocycles. The number of ether oxygens (including phenoxy) is 2. The molecule has 0 aromatic heterocycles. The molecule has 2 aromatic rings. The highest BCUT2D eigenvalue weighted by atomic mass is 35.5. The van der Waals surface area contributed by atoms with Gasteiger partial charge in [0.2, 0.25) is 5.91 Å². The summed E-state index contributed by atoms with van der Waals surface area (Å²) in [5.41, 5.74) is 0.689. The second kappa shape index (κ2) is 8.78. The van der Waals surface area contributed by atoms with Gasteiger partial charge in [-0.3, -0.25) is 4.79 Å². The molecule has 1 N–H and O–H groups in total. The fourth-order valence-corrected chi connectivity index (χ4v) is 3.09. The number of benzene rings is 2. The van der Waals surface area contributed by atoms with Crippen LogP contribution in [0.2, 0.25) is 5.02 Å². The Morgan fingerprint density at radius 1 is 1.12 bits per heavy atom. The van der Waals surface area contributed by atoms with Crippen molar-refractivity contribution in [3.63, 3.8) is 0 Å². The van der Waals surface area contributed by atoms with Gasteiger partial charge in [-0.15, -0.1) is 11.8 Å². The normalized spacial score (nSPS) is 11.5. The number of methoxy groups -OCH3 is 2. The Labute approximate surface area is 155 Å². The monoisotopic (exact) mass is 379 g/mol. The highest BCUT2D eigenvalue weighted by Gasteiger charge is 2.17. The van der Waals surface area contributed by atoms with E-state index in [9.17, 15) is 9.59 Å². The molecule has 0 radical (unpaired) electrons. The minimum Gasteiger partial charge on any atom is -0.497 e. The molecule has 0 unspecified atom stereocenters. The Morgan fingerprint density at radius 3 is 2.40 bits per heavy atom. The van der Waals surface area contributed by atoms with E-state index < -0.39 is 5.97 Å². The van der Waals surface area contributed by atoms with Crippen molar-refractivity contribution >= 4 is 40.9 Å². The van der Waals surface area contributed by atoms with Crippen LogP contribution in [0.5, 0.6) is 5.75 Å². The highest BCUT2D eigenvalue weighted by molar-refractivity contribution is 8.00. The van der Waals surface area contributed by atoms with Gasteiger partial charge >= 0.3 is 5.97 Å². The number of hydrogen-bond acceptors (Lipinski definition) is 5. The van der Waals surface area contributed by atoms with Crippen LogP contribution in [0, 0.1) is 0 Å². The van der Waals surface area contributed by atoms with Crippen LogP contribution in [0.4, 0.5) is 5.69 Å². The molecule has 0 fully saturated rings. The van der Waals surface area contributed by atoms with E-state index in [1.54, 1.807) is 26.2 Å². The van der Waals surface area contributed by atoms with E-state index in [4.69, 9.17) is 16.3 Å². The summed E-state index contributed by atoms with van der Waals surface area (Å²) in [7, 11) is 2.88. The lowest BCUT2D eigenvalue weighted by Gasteiger charge is -2.13. The molecule has 0 spiro atoms. The molecule has 0 aliphatic rings. The van der Waals surface area contributed by atoms with E-state index in [-0.39, 0.29) is 21.7 Å². The zero-order chi connectivity index (χ0) is 18.4. The number of halogens is 1. The van der Waals surface area contributed by atoms with Crippen molar-refractivity contribution < 1.29 is 19.1 Å². The average molecular weight is 380 g/mol. The van der Waals surface area contributed by atoms with Crippen molar-refractivity contribution in [1.29, 1.82) is 0 Å². The second-order valence-corrected chi connectivity index (χ2v) is 6.93. The molecule has 0 heterocycles. The Hall–Kier alpha value is -2.18. The van der Waals surface area contributed by atoms with Gasteiger partial charge in [0, 0.05) is 10.6 Å². The summed E-state index contributed by atoms with van der Waals surface area (Å²) >= 11 is 7.40. The number of anilines is 1. The maximum Gasteiger partial charge on any atom is 0.339 e. The molecular formula is C18H18ClNO4S. The summed E-state index contributed by atoms with van der Waals surface area (Å²) in [6.45, 7) is 1.81. The number of esters is 1. The summed E-state index contributed by atoms with van der Waals surface area (Å²) in [6.07, 6.45) is 0. The predicted molar refractivity (Wildman–Crippen MR) is 99.7 cm³/mol. The predicted octanol–water partition coefficient (Wildman–Crippen LogP) is 4.25. The number of thioether (sulfide) groups is 1. The van der Waals surface area contributed by atoms with Gasteiger partial charge in [0.25, 0.3) is 0 Å². The van der Waals surface area contributed by atoms with Crippen LogP contribution >= 0.6 is 23.4 Å². The lowest BCUT2D eigenvalue weighted by Crippen LogP contribution is -2.22. The van der Waals surface area contributed by atoms with Crippen molar-refractivity contribution in [3.05, 3.63) is 53.1 Å². The quantitative estimate of drug-likeness (QED) is 0.600. The third-order valence-electron chi connectivity index (χ3n) is 3.38. The molecule has 25 heavy (non-hydrogen) atoms. The standard InChI is InChI=1S/C18H18ClNO4S/c1-11(25-14-7-5-13(23-2)6-8-14)17(21)20-12-4-9-16(19)15(10-12)18(22)24-3/h4-11H,1-3H3,(H,20,21)/t11-/m0/s1. The molecule has 7 heteroatoms. The first-order valence-corrected chi connectivity index (χ1v) is 8.69. The van der Waals surface area contributed by atoms with Gasteiger partial charge in [0.1, 0.15) is 5.75 Å². The fourth-order valence-electron chi connectivity index (χ4n) is 2.03. The van der Waals surface area contributed by atoms with Gasteiger partial charge < -0.3 is 14.8 Å². The van der Waals surface area contributed by atoms with E-state index in [1.165, 1.54) is 24.9 Å². The van der Waals surface area contributed by atoms with Crippen LogP contribution in [0.3, 0.4) is 0 Å². The van der Waals surface area contributed by atoms with Gasteiger partial charge in [-0.05, 0) is 49.4 Å². The van der Waals surface area contributed by atoms with Crippen molar-refractivity contribution in [1.82, 2.24) is 0 Å². The van der Waals surface area contributed by atoms with E-state index in [0.29, 0.717) is 5.69 Å². The van der Waals surface area contributed by atoms with Gasteiger partial charge in [-0.1, -0.05) is 11.6 Å². The lowest BCUT2D eigenvalue weighted by atomic mass is 10.2. The van der Waals surface area contributed by atoms with Crippen LogP contribution in [-0.4, -0.2) is 31.3 Å². The average Bonchev–Trinajstić information content (AvgIpc) is 2.63. The highest BCUT2D eigenvalue weighted by Crippen LogP contribution is 2.27. The molecule has 132 valence electrons. The van der Waals surface area contributed by atoms with Gasteiger partial charge in [-0.25, -0.2) is 4.79 Å². The number of carbonyl (C=O) groups excluding carboxylic acids is 2. The van der Waals surface area contributed by atoms with Crippen LogP contribution < -0.4 is 10.1 Å². The first-order chi connectivity index (χ1) is 11.9.